The Morgan fingerprint density at radius 2 is 0.579 bits per heavy atom. The van der Waals surface area contributed by atoms with Gasteiger partial charge >= 0.3 is 17.9 Å². The SMILES string of the molecule is CCCCCCCC(=O)O.CCCCCCCC(=O)O.CCCCCCCCCC(=O)O.OCCCCO. The zero-order chi connectivity index (χ0) is 29.7. The van der Waals surface area contributed by atoms with Crippen LogP contribution in [0.3, 0.4) is 0 Å². The Kier molecular flexibility index (Phi) is 48.4. The zero-order valence-corrected chi connectivity index (χ0v) is 24.9. The van der Waals surface area contributed by atoms with Crippen LogP contribution in [-0.4, -0.2) is 56.7 Å². The van der Waals surface area contributed by atoms with Gasteiger partial charge in [0.1, 0.15) is 0 Å². The van der Waals surface area contributed by atoms with E-state index in [0.717, 1.165) is 51.4 Å². The highest BCUT2D eigenvalue weighted by Gasteiger charge is 1.96. The summed E-state index contributed by atoms with van der Waals surface area (Å²) in [4.78, 5) is 30.2. The van der Waals surface area contributed by atoms with Gasteiger partial charge in [0.05, 0.1) is 0 Å². The Morgan fingerprint density at radius 1 is 0.368 bits per heavy atom. The molecule has 0 atom stereocenters. The van der Waals surface area contributed by atoms with E-state index in [-0.39, 0.29) is 13.2 Å². The third kappa shape index (κ3) is 64.4. The van der Waals surface area contributed by atoms with Crippen LogP contribution in [0.15, 0.2) is 0 Å². The molecule has 0 rings (SSSR count). The van der Waals surface area contributed by atoms with Crippen LogP contribution in [-0.2, 0) is 14.4 Å². The maximum Gasteiger partial charge on any atom is 0.303 e. The Morgan fingerprint density at radius 3 is 0.763 bits per heavy atom. The molecule has 0 unspecified atom stereocenters. The first-order valence-corrected chi connectivity index (χ1v) is 15.1. The van der Waals surface area contributed by atoms with Gasteiger partial charge in [0.2, 0.25) is 0 Å². The lowest BCUT2D eigenvalue weighted by atomic mass is 10.1. The van der Waals surface area contributed by atoms with E-state index in [1.807, 2.05) is 0 Å². The van der Waals surface area contributed by atoms with Gasteiger partial charge in [0.15, 0.2) is 0 Å². The third-order valence-corrected chi connectivity index (χ3v) is 5.55. The molecule has 5 N–H and O–H groups in total. The summed E-state index contributed by atoms with van der Waals surface area (Å²) in [7, 11) is 0. The number of aliphatic carboxylic acids is 3. The molecule has 0 fully saturated rings. The summed E-state index contributed by atoms with van der Waals surface area (Å²) in [5.41, 5.74) is 0. The molecular formula is C30H62O8. The summed E-state index contributed by atoms with van der Waals surface area (Å²) < 4.78 is 0. The summed E-state index contributed by atoms with van der Waals surface area (Å²) >= 11 is 0. The number of carboxylic acid groups (broad SMARTS) is 3. The molecule has 0 aliphatic heterocycles. The number of rotatable bonds is 23. The zero-order valence-electron chi connectivity index (χ0n) is 24.9. The first-order chi connectivity index (χ1) is 18.2. The molecule has 0 aromatic rings. The Hall–Kier alpha value is -1.67. The minimum Gasteiger partial charge on any atom is -0.481 e. The van der Waals surface area contributed by atoms with Crippen molar-refractivity contribution in [3.63, 3.8) is 0 Å². The van der Waals surface area contributed by atoms with Crippen LogP contribution in [0, 0.1) is 0 Å². The molecule has 0 aliphatic rings. The normalized spacial score (nSPS) is 9.71. The van der Waals surface area contributed by atoms with Gasteiger partial charge in [-0.2, -0.15) is 0 Å². The third-order valence-electron chi connectivity index (χ3n) is 5.55. The molecule has 0 heterocycles. The van der Waals surface area contributed by atoms with Gasteiger partial charge in [0, 0.05) is 32.5 Å². The van der Waals surface area contributed by atoms with Crippen molar-refractivity contribution in [2.75, 3.05) is 13.2 Å². The number of carboxylic acids is 3. The minimum atomic E-state index is -0.670. The second kappa shape index (κ2) is 42.4. The van der Waals surface area contributed by atoms with E-state index in [0.29, 0.717) is 19.3 Å². The van der Waals surface area contributed by atoms with Crippen molar-refractivity contribution in [3.8, 4) is 0 Å². The molecular weight excluding hydrogens is 488 g/mol. The quantitative estimate of drug-likeness (QED) is 0.0807. The number of aliphatic hydroxyl groups excluding tert-OH is 2. The van der Waals surface area contributed by atoms with E-state index in [4.69, 9.17) is 25.5 Å². The van der Waals surface area contributed by atoms with E-state index in [1.165, 1.54) is 70.6 Å². The average Bonchev–Trinajstić information content (AvgIpc) is 2.87. The van der Waals surface area contributed by atoms with E-state index < -0.39 is 17.9 Å². The molecule has 8 nitrogen and oxygen atoms in total. The molecule has 0 bridgehead atoms. The van der Waals surface area contributed by atoms with Crippen LogP contribution < -0.4 is 0 Å². The van der Waals surface area contributed by atoms with Crippen molar-refractivity contribution < 1.29 is 39.9 Å². The van der Waals surface area contributed by atoms with Crippen molar-refractivity contribution in [1.82, 2.24) is 0 Å². The van der Waals surface area contributed by atoms with Crippen molar-refractivity contribution in [1.29, 1.82) is 0 Å². The lowest BCUT2D eigenvalue weighted by molar-refractivity contribution is -0.138. The summed E-state index contributed by atoms with van der Waals surface area (Å²) in [6, 6.07) is 0. The van der Waals surface area contributed by atoms with Gasteiger partial charge in [-0.1, -0.05) is 111 Å². The lowest BCUT2D eigenvalue weighted by Gasteiger charge is -1.98. The lowest BCUT2D eigenvalue weighted by Crippen LogP contribution is -1.93. The van der Waals surface area contributed by atoms with Crippen LogP contribution in [0.4, 0.5) is 0 Å². The summed E-state index contributed by atoms with van der Waals surface area (Å²) in [6.45, 7) is 6.89. The van der Waals surface area contributed by atoms with Gasteiger partial charge in [-0.25, -0.2) is 0 Å². The van der Waals surface area contributed by atoms with E-state index in [9.17, 15) is 14.4 Å². The van der Waals surface area contributed by atoms with E-state index >= 15 is 0 Å². The highest BCUT2D eigenvalue weighted by molar-refractivity contribution is 5.67. The predicted octanol–water partition coefficient (Wildman–Crippen LogP) is 7.83. The fourth-order valence-electron chi connectivity index (χ4n) is 3.22. The molecule has 0 amide bonds. The van der Waals surface area contributed by atoms with E-state index in [2.05, 4.69) is 20.8 Å². The second-order valence-corrected chi connectivity index (χ2v) is 9.54. The fraction of sp³-hybridized carbons (Fsp3) is 0.900. The number of aliphatic hydroxyl groups is 2. The molecule has 8 heteroatoms. The van der Waals surface area contributed by atoms with Crippen molar-refractivity contribution >= 4 is 17.9 Å². The molecule has 0 radical (unpaired) electrons. The Labute approximate surface area is 233 Å². The number of unbranched alkanes of at least 4 members (excludes halogenated alkanes) is 15. The first kappa shape index (κ1) is 43.4. The average molecular weight is 551 g/mol. The number of hydrogen-bond acceptors (Lipinski definition) is 5. The molecule has 0 aromatic heterocycles. The monoisotopic (exact) mass is 550 g/mol. The largest absolute Gasteiger partial charge is 0.481 e. The molecule has 38 heavy (non-hydrogen) atoms. The van der Waals surface area contributed by atoms with Gasteiger partial charge in [-0.05, 0) is 32.1 Å². The Balaban J connectivity index is -0.000000208. The first-order valence-electron chi connectivity index (χ1n) is 15.1. The van der Waals surface area contributed by atoms with Crippen LogP contribution in [0.1, 0.15) is 162 Å². The maximum atomic E-state index is 10.1. The van der Waals surface area contributed by atoms with Gasteiger partial charge < -0.3 is 25.5 Å². The second-order valence-electron chi connectivity index (χ2n) is 9.54. The summed E-state index contributed by atoms with van der Waals surface area (Å²) in [5.74, 6) is -2.00. The van der Waals surface area contributed by atoms with Gasteiger partial charge in [0.25, 0.3) is 0 Å². The number of carbonyl (C=O) groups is 3. The van der Waals surface area contributed by atoms with E-state index in [1.54, 1.807) is 0 Å². The predicted molar refractivity (Wildman–Crippen MR) is 156 cm³/mol. The topological polar surface area (TPSA) is 152 Å². The van der Waals surface area contributed by atoms with Crippen molar-refractivity contribution in [2.24, 2.45) is 0 Å². The molecule has 0 saturated carbocycles. The molecule has 0 aliphatic carbocycles. The van der Waals surface area contributed by atoms with Gasteiger partial charge in [-0.15, -0.1) is 0 Å². The molecule has 0 aromatic carbocycles. The smallest absolute Gasteiger partial charge is 0.303 e. The Bertz CT molecular complexity index is 441. The fourth-order valence-corrected chi connectivity index (χ4v) is 3.22. The van der Waals surface area contributed by atoms with Gasteiger partial charge in [-0.3, -0.25) is 14.4 Å². The van der Waals surface area contributed by atoms with Crippen LogP contribution >= 0.6 is 0 Å². The molecule has 230 valence electrons. The summed E-state index contributed by atoms with van der Waals surface area (Å²) in [5, 5.41) is 41.1. The van der Waals surface area contributed by atoms with Crippen LogP contribution in [0.2, 0.25) is 0 Å². The molecule has 0 spiro atoms. The maximum absolute atomic E-state index is 10.1. The minimum absolute atomic E-state index is 0.195. The van der Waals surface area contributed by atoms with Crippen molar-refractivity contribution in [2.45, 2.75) is 162 Å². The molecule has 0 saturated heterocycles. The highest BCUT2D eigenvalue weighted by atomic mass is 16.4. The van der Waals surface area contributed by atoms with Crippen LogP contribution in [0.5, 0.6) is 0 Å². The summed E-state index contributed by atoms with van der Waals surface area (Å²) in [6.07, 6.45) is 21.8. The highest BCUT2D eigenvalue weighted by Crippen LogP contribution is 2.08. The van der Waals surface area contributed by atoms with Crippen LogP contribution in [0.25, 0.3) is 0 Å². The van der Waals surface area contributed by atoms with Crippen molar-refractivity contribution in [3.05, 3.63) is 0 Å². The standard InChI is InChI=1S/C10H20O2.2C8H16O2.C4H10O2/c1-2-3-4-5-6-7-8-9-10(11)12;2*1-2-3-4-5-6-7-8(9)10;5-3-1-2-4-6/h2-9H2,1H3,(H,11,12);2*2-7H2,1H3,(H,9,10);5-6H,1-4H2. The number of hydrogen-bond donors (Lipinski definition) is 5.